The number of anilines is 1. The number of benzene rings is 1. The van der Waals surface area contributed by atoms with E-state index in [9.17, 15) is 28.0 Å². The average molecular weight is 474 g/mol. The number of methoxy groups -OCH3 is 1. The summed E-state index contributed by atoms with van der Waals surface area (Å²) < 4.78 is 49.1. The monoisotopic (exact) mass is 474 g/mol. The molecule has 3 rings (SSSR count). The number of nitrogens with one attached hydrogen (secondary N) is 1. The molecule has 0 unspecified atom stereocenters. The minimum Gasteiger partial charge on any atom is -0.465 e. The zero-order valence-electron chi connectivity index (χ0n) is 17.7. The number of carbonyl (C=O) groups excluding carboxylic acids is 2. The summed E-state index contributed by atoms with van der Waals surface area (Å²) in [5.41, 5.74) is -0.0930. The first-order valence-corrected chi connectivity index (χ1v) is 10.3. The normalized spacial score (nSPS) is 11.7. The number of hydrogen-bond donors (Lipinski definition) is 1. The number of ether oxygens (including phenoxy) is 1. The lowest BCUT2D eigenvalue weighted by atomic mass is 10.1. The van der Waals surface area contributed by atoms with E-state index >= 15 is 0 Å². The average Bonchev–Trinajstić information content (AvgIpc) is 3.35. The highest BCUT2D eigenvalue weighted by molar-refractivity contribution is 7.16. The summed E-state index contributed by atoms with van der Waals surface area (Å²) in [7, 11) is 1.22. The molecule has 0 saturated carbocycles. The number of aryl methyl sites for hydroxylation is 1. The number of hydrogen-bond acceptors (Lipinski definition) is 6. The van der Waals surface area contributed by atoms with Gasteiger partial charge < -0.3 is 14.5 Å². The minimum absolute atomic E-state index is 0.0980. The van der Waals surface area contributed by atoms with Crippen molar-refractivity contribution in [1.29, 1.82) is 5.26 Å². The van der Waals surface area contributed by atoms with E-state index in [0.717, 1.165) is 23.1 Å². The molecule has 0 saturated heterocycles. The number of carbonyl (C=O) groups is 2. The molecule has 170 valence electrons. The molecule has 2 heterocycles. The number of thiophene rings is 1. The second-order valence-corrected chi connectivity index (χ2v) is 8.11. The summed E-state index contributed by atoms with van der Waals surface area (Å²) in [4.78, 5) is 25.5. The van der Waals surface area contributed by atoms with Gasteiger partial charge >= 0.3 is 12.1 Å². The topological polar surface area (TPSA) is 92.3 Å². The van der Waals surface area contributed by atoms with Crippen molar-refractivity contribution in [2.24, 2.45) is 0 Å². The van der Waals surface area contributed by atoms with E-state index in [1.165, 1.54) is 42.7 Å². The number of furan rings is 1. The van der Waals surface area contributed by atoms with E-state index in [2.05, 4.69) is 5.32 Å². The van der Waals surface area contributed by atoms with Crippen LogP contribution < -0.4 is 5.32 Å². The Bertz CT molecular complexity index is 1300. The lowest BCUT2D eigenvalue weighted by molar-refractivity contribution is -0.137. The molecule has 33 heavy (non-hydrogen) atoms. The van der Waals surface area contributed by atoms with Crippen LogP contribution >= 0.6 is 11.3 Å². The van der Waals surface area contributed by atoms with Crippen LogP contribution in [-0.4, -0.2) is 19.0 Å². The lowest BCUT2D eigenvalue weighted by Gasteiger charge is -2.07. The standard InChI is InChI=1S/C23H17F3N2O4S/c1-12-13(2)33-21(19(12)22(30)31-3)28-20(29)15(11-27)10-17-7-8-18(32-17)14-5-4-6-16(9-14)23(24,25)26/h4-10H,1-3H3,(H,28,29). The van der Waals surface area contributed by atoms with Crippen LogP contribution in [-0.2, 0) is 15.7 Å². The molecule has 2 aromatic heterocycles. The zero-order valence-corrected chi connectivity index (χ0v) is 18.5. The fourth-order valence-corrected chi connectivity index (χ4v) is 4.00. The van der Waals surface area contributed by atoms with E-state index < -0.39 is 23.6 Å². The molecular weight excluding hydrogens is 457 g/mol. The summed E-state index contributed by atoms with van der Waals surface area (Å²) >= 11 is 1.17. The largest absolute Gasteiger partial charge is 0.465 e. The van der Waals surface area contributed by atoms with Gasteiger partial charge in [-0.25, -0.2) is 4.79 Å². The fraction of sp³-hybridized carbons (Fsp3) is 0.174. The number of esters is 1. The molecule has 0 aliphatic carbocycles. The van der Waals surface area contributed by atoms with Crippen LogP contribution in [0.15, 0.2) is 46.4 Å². The fourth-order valence-electron chi connectivity index (χ4n) is 2.96. The van der Waals surface area contributed by atoms with Crippen molar-refractivity contribution >= 4 is 34.3 Å². The van der Waals surface area contributed by atoms with Crippen LogP contribution in [0.5, 0.6) is 0 Å². The van der Waals surface area contributed by atoms with E-state index in [1.807, 2.05) is 0 Å². The predicted octanol–water partition coefficient (Wildman–Crippen LogP) is 5.98. The zero-order chi connectivity index (χ0) is 24.3. The van der Waals surface area contributed by atoms with Gasteiger partial charge in [-0.15, -0.1) is 11.3 Å². The second-order valence-electron chi connectivity index (χ2n) is 6.88. The number of halogens is 3. The van der Waals surface area contributed by atoms with E-state index in [0.29, 0.717) is 5.56 Å². The molecule has 0 aliphatic heterocycles. The van der Waals surface area contributed by atoms with Crippen LogP contribution in [0.1, 0.15) is 32.1 Å². The molecule has 1 amide bonds. The Balaban J connectivity index is 1.87. The Morgan fingerprint density at radius 3 is 2.58 bits per heavy atom. The highest BCUT2D eigenvalue weighted by Gasteiger charge is 2.30. The van der Waals surface area contributed by atoms with Crippen molar-refractivity contribution in [3.05, 3.63) is 69.3 Å². The van der Waals surface area contributed by atoms with E-state index in [-0.39, 0.29) is 33.2 Å². The second kappa shape index (κ2) is 9.34. The molecule has 0 radical (unpaired) electrons. The van der Waals surface area contributed by atoms with E-state index in [1.54, 1.807) is 19.9 Å². The summed E-state index contributed by atoms with van der Waals surface area (Å²) in [6, 6.07) is 9.23. The lowest BCUT2D eigenvalue weighted by Crippen LogP contribution is -2.15. The third kappa shape index (κ3) is 5.15. The third-order valence-corrected chi connectivity index (χ3v) is 5.88. The maximum absolute atomic E-state index is 13.0. The van der Waals surface area contributed by atoms with E-state index in [4.69, 9.17) is 9.15 Å². The van der Waals surface area contributed by atoms with Gasteiger partial charge in [0.05, 0.1) is 18.2 Å². The number of nitrogens with zero attached hydrogens (tertiary/aromatic N) is 1. The number of rotatable bonds is 5. The van der Waals surface area contributed by atoms with Crippen LogP contribution in [0.3, 0.4) is 0 Å². The molecular formula is C23H17F3N2O4S. The van der Waals surface area contributed by atoms with Gasteiger partial charge in [-0.2, -0.15) is 18.4 Å². The van der Waals surface area contributed by atoms with Gasteiger partial charge in [-0.1, -0.05) is 12.1 Å². The first kappa shape index (κ1) is 23.8. The summed E-state index contributed by atoms with van der Waals surface area (Å²) in [6.07, 6.45) is -3.34. The number of amides is 1. The van der Waals surface area contributed by atoms with Crippen LogP contribution in [0.2, 0.25) is 0 Å². The molecule has 0 fully saturated rings. The first-order chi connectivity index (χ1) is 15.5. The summed E-state index contributed by atoms with van der Waals surface area (Å²) in [5.74, 6) is -1.16. The quantitative estimate of drug-likeness (QED) is 0.279. The predicted molar refractivity (Wildman–Crippen MR) is 116 cm³/mol. The third-order valence-electron chi connectivity index (χ3n) is 4.75. The van der Waals surface area contributed by atoms with Gasteiger partial charge in [-0.05, 0) is 43.7 Å². The van der Waals surface area contributed by atoms with Gasteiger partial charge in [0.15, 0.2) is 0 Å². The molecule has 0 atom stereocenters. The Morgan fingerprint density at radius 2 is 1.94 bits per heavy atom. The Hall–Kier alpha value is -3.84. The Morgan fingerprint density at radius 1 is 1.21 bits per heavy atom. The highest BCUT2D eigenvalue weighted by Crippen LogP contribution is 2.34. The van der Waals surface area contributed by atoms with Gasteiger partial charge in [0.1, 0.15) is 28.2 Å². The SMILES string of the molecule is COC(=O)c1c(NC(=O)C(C#N)=Cc2ccc(-c3cccc(C(F)(F)F)c3)o2)sc(C)c1C. The van der Waals surface area contributed by atoms with Crippen molar-refractivity contribution in [2.75, 3.05) is 12.4 Å². The van der Waals surface area contributed by atoms with Gasteiger partial charge in [0.25, 0.3) is 5.91 Å². The number of nitriles is 1. The number of alkyl halides is 3. The minimum atomic E-state index is -4.50. The van der Waals surface area contributed by atoms with Crippen molar-refractivity contribution in [1.82, 2.24) is 0 Å². The molecule has 0 aliphatic rings. The van der Waals surface area contributed by atoms with Crippen molar-refractivity contribution in [2.45, 2.75) is 20.0 Å². The van der Waals surface area contributed by atoms with Gasteiger partial charge in [0, 0.05) is 16.5 Å². The molecule has 0 bridgehead atoms. The summed E-state index contributed by atoms with van der Waals surface area (Å²) in [6.45, 7) is 3.49. The Labute approximate surface area is 190 Å². The Kier molecular flexibility index (Phi) is 6.74. The smallest absolute Gasteiger partial charge is 0.416 e. The van der Waals surface area contributed by atoms with Gasteiger partial charge in [0.2, 0.25) is 0 Å². The maximum Gasteiger partial charge on any atom is 0.416 e. The molecule has 1 aromatic carbocycles. The first-order valence-electron chi connectivity index (χ1n) is 9.44. The molecule has 1 N–H and O–H groups in total. The highest BCUT2D eigenvalue weighted by atomic mass is 32.1. The van der Waals surface area contributed by atoms with Crippen LogP contribution in [0.25, 0.3) is 17.4 Å². The maximum atomic E-state index is 13.0. The van der Waals surface area contributed by atoms with Gasteiger partial charge in [-0.3, -0.25) is 4.79 Å². The van der Waals surface area contributed by atoms with Crippen molar-refractivity contribution in [3.63, 3.8) is 0 Å². The molecule has 10 heteroatoms. The van der Waals surface area contributed by atoms with Crippen LogP contribution in [0, 0.1) is 25.2 Å². The molecule has 0 spiro atoms. The summed E-state index contributed by atoms with van der Waals surface area (Å²) in [5, 5.41) is 12.2. The van der Waals surface area contributed by atoms with Crippen LogP contribution in [0.4, 0.5) is 18.2 Å². The molecule has 6 nitrogen and oxygen atoms in total. The van der Waals surface area contributed by atoms with Crippen molar-refractivity contribution < 1.29 is 31.9 Å². The molecule has 3 aromatic rings. The van der Waals surface area contributed by atoms with Crippen molar-refractivity contribution in [3.8, 4) is 17.4 Å².